The Morgan fingerprint density at radius 3 is 2.83 bits per heavy atom. The van der Waals surface area contributed by atoms with Gasteiger partial charge < -0.3 is 15.4 Å². The Hall–Kier alpha value is -0.590. The number of aromatic nitrogens is 3. The van der Waals surface area contributed by atoms with Crippen LogP contribution >= 0.6 is 11.8 Å². The van der Waals surface area contributed by atoms with Gasteiger partial charge in [0.15, 0.2) is 5.16 Å². The second kappa shape index (κ2) is 4.44. The van der Waals surface area contributed by atoms with E-state index in [-0.39, 0.29) is 6.61 Å². The fraction of sp³-hybridized carbons (Fsp3) is 0.667. The van der Waals surface area contributed by atoms with Crippen molar-refractivity contribution in [1.29, 1.82) is 0 Å². The van der Waals surface area contributed by atoms with E-state index in [1.807, 2.05) is 11.6 Å². The first-order valence-corrected chi connectivity index (χ1v) is 4.60. The topological polar surface area (TPSA) is 77.0 Å². The second-order valence-corrected chi connectivity index (χ2v) is 3.30. The van der Waals surface area contributed by atoms with Crippen LogP contribution in [0.15, 0.2) is 5.16 Å². The summed E-state index contributed by atoms with van der Waals surface area (Å²) >= 11 is 1.47. The summed E-state index contributed by atoms with van der Waals surface area (Å²) in [6, 6.07) is 0. The zero-order valence-corrected chi connectivity index (χ0v) is 7.71. The molecule has 3 N–H and O–H groups in total. The summed E-state index contributed by atoms with van der Waals surface area (Å²) in [5.74, 6) is 1.40. The fourth-order valence-corrected chi connectivity index (χ4v) is 1.46. The van der Waals surface area contributed by atoms with Crippen molar-refractivity contribution < 1.29 is 5.11 Å². The van der Waals surface area contributed by atoms with E-state index in [2.05, 4.69) is 10.2 Å². The molecule has 68 valence electrons. The average molecular weight is 188 g/mol. The molecule has 0 aliphatic carbocycles. The van der Waals surface area contributed by atoms with Crippen molar-refractivity contribution in [1.82, 2.24) is 14.8 Å². The molecule has 0 aliphatic heterocycles. The Bertz CT molecular complexity index is 250. The molecule has 0 fully saturated rings. The van der Waals surface area contributed by atoms with Gasteiger partial charge in [-0.15, -0.1) is 10.2 Å². The highest BCUT2D eigenvalue weighted by atomic mass is 32.2. The Balaban J connectivity index is 2.66. The normalized spacial score (nSPS) is 10.6. The van der Waals surface area contributed by atoms with Crippen LogP contribution in [-0.4, -0.2) is 32.2 Å². The summed E-state index contributed by atoms with van der Waals surface area (Å²) in [5.41, 5.74) is 5.41. The molecule has 12 heavy (non-hydrogen) atoms. The molecule has 0 unspecified atom stereocenters. The quantitative estimate of drug-likeness (QED) is 0.614. The minimum Gasteiger partial charge on any atom is -0.396 e. The van der Waals surface area contributed by atoms with Crippen molar-refractivity contribution in [2.24, 2.45) is 12.8 Å². The molecule has 0 saturated carbocycles. The lowest BCUT2D eigenvalue weighted by molar-refractivity contribution is 0.322. The highest BCUT2D eigenvalue weighted by Gasteiger charge is 2.06. The third-order valence-corrected chi connectivity index (χ3v) is 2.43. The first-order valence-electron chi connectivity index (χ1n) is 3.61. The Morgan fingerprint density at radius 2 is 2.33 bits per heavy atom. The maximum atomic E-state index is 8.58. The molecule has 1 rings (SSSR count). The van der Waals surface area contributed by atoms with Crippen molar-refractivity contribution in [3.05, 3.63) is 5.82 Å². The number of aliphatic hydroxyl groups is 1. The van der Waals surface area contributed by atoms with Crippen LogP contribution in [0.3, 0.4) is 0 Å². The minimum atomic E-state index is 0.148. The molecular weight excluding hydrogens is 176 g/mol. The van der Waals surface area contributed by atoms with Gasteiger partial charge in [0.05, 0.1) is 13.2 Å². The van der Waals surface area contributed by atoms with E-state index in [4.69, 9.17) is 10.8 Å². The van der Waals surface area contributed by atoms with Crippen LogP contribution in [0.5, 0.6) is 0 Å². The molecular formula is C6H12N4OS. The number of hydrogen-bond acceptors (Lipinski definition) is 5. The predicted molar refractivity (Wildman–Crippen MR) is 46.7 cm³/mol. The third kappa shape index (κ3) is 1.96. The standard InChI is InChI=1S/C6H12N4OS/c1-10-5(4-7)8-9-6(10)12-3-2-11/h11H,2-4,7H2,1H3. The summed E-state index contributed by atoms with van der Waals surface area (Å²) in [6.45, 7) is 0.540. The van der Waals surface area contributed by atoms with Crippen molar-refractivity contribution in [3.8, 4) is 0 Å². The largest absolute Gasteiger partial charge is 0.396 e. The van der Waals surface area contributed by atoms with Gasteiger partial charge in [-0.3, -0.25) is 0 Å². The average Bonchev–Trinajstić information content (AvgIpc) is 2.43. The van der Waals surface area contributed by atoms with E-state index in [0.717, 1.165) is 11.0 Å². The molecule has 0 atom stereocenters. The Labute approximate surface area is 75.0 Å². The first kappa shape index (κ1) is 9.50. The fourth-order valence-electron chi connectivity index (χ4n) is 0.785. The van der Waals surface area contributed by atoms with Crippen LogP contribution in [0, 0.1) is 0 Å². The molecule has 5 nitrogen and oxygen atoms in total. The molecule has 1 aromatic rings. The van der Waals surface area contributed by atoms with E-state index < -0.39 is 0 Å². The lowest BCUT2D eigenvalue weighted by atomic mass is 10.6. The smallest absolute Gasteiger partial charge is 0.191 e. The molecule has 0 bridgehead atoms. The highest BCUT2D eigenvalue weighted by Crippen LogP contribution is 2.14. The van der Waals surface area contributed by atoms with E-state index >= 15 is 0 Å². The zero-order valence-electron chi connectivity index (χ0n) is 6.90. The Kier molecular flexibility index (Phi) is 3.51. The first-order chi connectivity index (χ1) is 5.79. The zero-order chi connectivity index (χ0) is 8.97. The molecule has 0 amide bonds. The van der Waals surface area contributed by atoms with Gasteiger partial charge in [0.25, 0.3) is 0 Å². The van der Waals surface area contributed by atoms with Gasteiger partial charge in [-0.05, 0) is 0 Å². The monoisotopic (exact) mass is 188 g/mol. The highest BCUT2D eigenvalue weighted by molar-refractivity contribution is 7.99. The molecule has 0 aliphatic rings. The number of nitrogens with two attached hydrogens (primary N) is 1. The van der Waals surface area contributed by atoms with Crippen LogP contribution < -0.4 is 5.73 Å². The minimum absolute atomic E-state index is 0.148. The maximum Gasteiger partial charge on any atom is 0.191 e. The number of rotatable bonds is 4. The number of aliphatic hydroxyl groups excluding tert-OH is 1. The molecule has 1 heterocycles. The third-order valence-electron chi connectivity index (χ3n) is 1.43. The van der Waals surface area contributed by atoms with Crippen molar-refractivity contribution in [2.75, 3.05) is 12.4 Å². The van der Waals surface area contributed by atoms with Gasteiger partial charge in [-0.2, -0.15) is 0 Å². The van der Waals surface area contributed by atoms with Crippen molar-refractivity contribution >= 4 is 11.8 Å². The van der Waals surface area contributed by atoms with Crippen molar-refractivity contribution in [3.63, 3.8) is 0 Å². The summed E-state index contributed by atoms with van der Waals surface area (Å²) in [4.78, 5) is 0. The van der Waals surface area contributed by atoms with Crippen LogP contribution in [0.2, 0.25) is 0 Å². The van der Waals surface area contributed by atoms with Gasteiger partial charge >= 0.3 is 0 Å². The van der Waals surface area contributed by atoms with Gasteiger partial charge in [-0.25, -0.2) is 0 Å². The molecule has 1 aromatic heterocycles. The predicted octanol–water partition coefficient (Wildman–Crippen LogP) is -0.642. The van der Waals surface area contributed by atoms with Gasteiger partial charge in [-0.1, -0.05) is 11.8 Å². The Morgan fingerprint density at radius 1 is 1.58 bits per heavy atom. The van der Waals surface area contributed by atoms with Crippen molar-refractivity contribution in [2.45, 2.75) is 11.7 Å². The molecule has 0 saturated heterocycles. The van der Waals surface area contributed by atoms with E-state index in [1.54, 1.807) is 0 Å². The number of thioether (sulfide) groups is 1. The molecule has 0 radical (unpaired) electrons. The number of nitrogens with zero attached hydrogens (tertiary/aromatic N) is 3. The van der Waals surface area contributed by atoms with E-state index in [0.29, 0.717) is 12.3 Å². The summed E-state index contributed by atoms with van der Waals surface area (Å²) < 4.78 is 1.83. The lowest BCUT2D eigenvalue weighted by Gasteiger charge is -1.99. The molecule has 0 spiro atoms. The van der Waals surface area contributed by atoms with Crippen LogP contribution in [0.1, 0.15) is 5.82 Å². The van der Waals surface area contributed by atoms with Crippen LogP contribution in [0.25, 0.3) is 0 Å². The summed E-state index contributed by atoms with van der Waals surface area (Å²) in [7, 11) is 1.86. The van der Waals surface area contributed by atoms with Crippen LogP contribution in [-0.2, 0) is 13.6 Å². The van der Waals surface area contributed by atoms with Crippen LogP contribution in [0.4, 0.5) is 0 Å². The maximum absolute atomic E-state index is 8.58. The number of hydrogen-bond donors (Lipinski definition) is 2. The summed E-state index contributed by atoms with van der Waals surface area (Å²) in [6.07, 6.45) is 0. The van der Waals surface area contributed by atoms with E-state index in [1.165, 1.54) is 11.8 Å². The molecule has 6 heteroatoms. The van der Waals surface area contributed by atoms with Gasteiger partial charge in [0.2, 0.25) is 0 Å². The van der Waals surface area contributed by atoms with E-state index in [9.17, 15) is 0 Å². The summed E-state index contributed by atoms with van der Waals surface area (Å²) in [5, 5.41) is 17.2. The SMILES string of the molecule is Cn1c(CN)nnc1SCCO. The second-order valence-electron chi connectivity index (χ2n) is 2.23. The van der Waals surface area contributed by atoms with Gasteiger partial charge in [0, 0.05) is 12.8 Å². The molecule has 0 aromatic carbocycles. The van der Waals surface area contributed by atoms with Gasteiger partial charge in [0.1, 0.15) is 5.82 Å². The lowest BCUT2D eigenvalue weighted by Crippen LogP contribution is -2.05.